The zero-order valence-electron chi connectivity index (χ0n) is 27.8. The number of hydrogen-bond acceptors (Lipinski definition) is 5. The van der Waals surface area contributed by atoms with E-state index < -0.39 is 11.7 Å². The molecule has 2 amide bonds. The molecule has 0 spiro atoms. The molecule has 8 heteroatoms. The van der Waals surface area contributed by atoms with Gasteiger partial charge in [0.15, 0.2) is 0 Å². The van der Waals surface area contributed by atoms with E-state index in [1.165, 1.54) is 12.7 Å². The summed E-state index contributed by atoms with van der Waals surface area (Å²) in [7, 11) is 3.26. The van der Waals surface area contributed by atoms with E-state index in [0.717, 1.165) is 78.5 Å². The molecule has 1 unspecified atom stereocenters. The first-order chi connectivity index (χ1) is 22.2. The molecule has 1 aliphatic heterocycles. The molecular weight excluding hydrogens is 598 g/mol. The van der Waals surface area contributed by atoms with Crippen LogP contribution in [0.4, 0.5) is 4.79 Å². The Morgan fingerprint density at radius 3 is 2.61 bits per heavy atom. The van der Waals surface area contributed by atoms with Gasteiger partial charge in [0.05, 0.1) is 12.7 Å². The fraction of sp³-hybridized carbons (Fsp3) is 0.474. The van der Waals surface area contributed by atoms with Crippen LogP contribution in [0.5, 0.6) is 0 Å². The van der Waals surface area contributed by atoms with Crippen LogP contribution in [0.25, 0.3) is 11.1 Å². The molecule has 0 saturated carbocycles. The summed E-state index contributed by atoms with van der Waals surface area (Å²) in [5.74, 6) is -0.221. The van der Waals surface area contributed by atoms with Gasteiger partial charge in [-0.3, -0.25) is 4.79 Å². The Morgan fingerprint density at radius 1 is 1.07 bits per heavy atom. The highest BCUT2D eigenvalue weighted by atomic mass is 35.5. The molecular formula is C38H50ClN3O4. The average Bonchev–Trinajstić information content (AvgIpc) is 3.08. The molecule has 1 aliphatic rings. The Bertz CT molecular complexity index is 1480. The van der Waals surface area contributed by atoms with E-state index in [1.54, 1.807) is 0 Å². The van der Waals surface area contributed by atoms with Crippen LogP contribution in [0.1, 0.15) is 85.0 Å². The number of amides is 2. The minimum Gasteiger partial charge on any atom is -0.453 e. The smallest absolute Gasteiger partial charge is 0.406 e. The molecule has 4 rings (SSSR count). The Hall–Kier alpha value is -3.39. The largest absolute Gasteiger partial charge is 0.453 e. The number of hydrogen-bond donors (Lipinski definition) is 3. The SMILES string of the molecule is CCCCc1cc(CNC)ccc1C(=O)N1CCC[C@@H](C(O)(CCCNC(=O)OC)c2cccc(Cl)c2-c2cccc(CC)c2)C1. The highest BCUT2D eigenvalue weighted by Gasteiger charge is 2.43. The van der Waals surface area contributed by atoms with Gasteiger partial charge < -0.3 is 25.4 Å². The number of likely N-dealkylation sites (tertiary alicyclic amines) is 1. The van der Waals surface area contributed by atoms with Crippen molar-refractivity contribution in [2.24, 2.45) is 5.92 Å². The van der Waals surface area contributed by atoms with Crippen LogP contribution in [-0.2, 0) is 29.7 Å². The summed E-state index contributed by atoms with van der Waals surface area (Å²) in [5.41, 5.74) is 5.40. The number of methoxy groups -OCH3 is 1. The molecule has 46 heavy (non-hydrogen) atoms. The maximum absolute atomic E-state index is 14.2. The van der Waals surface area contributed by atoms with E-state index in [4.69, 9.17) is 16.3 Å². The second kappa shape index (κ2) is 17.0. The third-order valence-corrected chi connectivity index (χ3v) is 9.57. The van der Waals surface area contributed by atoms with Crippen LogP contribution in [0.2, 0.25) is 5.02 Å². The van der Waals surface area contributed by atoms with Gasteiger partial charge in [0.25, 0.3) is 5.91 Å². The molecule has 0 aromatic heterocycles. The van der Waals surface area contributed by atoms with E-state index >= 15 is 0 Å². The molecule has 248 valence electrons. The Labute approximate surface area is 279 Å². The highest BCUT2D eigenvalue weighted by molar-refractivity contribution is 6.33. The highest BCUT2D eigenvalue weighted by Crippen LogP contribution is 2.46. The summed E-state index contributed by atoms with van der Waals surface area (Å²) in [6, 6.07) is 20.2. The van der Waals surface area contributed by atoms with Gasteiger partial charge in [-0.05, 0) is 91.9 Å². The quantitative estimate of drug-likeness (QED) is 0.158. The summed E-state index contributed by atoms with van der Waals surface area (Å²) in [6.07, 6.45) is 5.74. The van der Waals surface area contributed by atoms with E-state index in [2.05, 4.69) is 42.7 Å². The van der Waals surface area contributed by atoms with Crippen LogP contribution in [0, 0.1) is 5.92 Å². The van der Waals surface area contributed by atoms with Gasteiger partial charge in [0.1, 0.15) is 0 Å². The number of unbranched alkanes of at least 4 members (excludes halogenated alkanes) is 1. The van der Waals surface area contributed by atoms with E-state index in [1.807, 2.05) is 54.4 Å². The number of carbonyl (C=O) groups is 2. The number of nitrogens with one attached hydrogen (secondary N) is 2. The zero-order chi connectivity index (χ0) is 33.1. The first-order valence-electron chi connectivity index (χ1n) is 16.7. The molecule has 7 nitrogen and oxygen atoms in total. The zero-order valence-corrected chi connectivity index (χ0v) is 28.6. The van der Waals surface area contributed by atoms with E-state index in [9.17, 15) is 14.7 Å². The minimum atomic E-state index is -1.30. The van der Waals surface area contributed by atoms with Crippen LogP contribution in [0.15, 0.2) is 60.7 Å². The summed E-state index contributed by atoms with van der Waals surface area (Å²) in [5, 5.41) is 19.4. The van der Waals surface area contributed by atoms with Gasteiger partial charge in [-0.15, -0.1) is 0 Å². The number of rotatable bonds is 14. The standard InChI is InChI=1S/C38H50ClN3O4/c1-5-7-13-29-24-28(25-40-3)18-19-32(29)36(43)42-22-10-15-31(26-42)38(45,20-11-21-41-37(44)46-4)33-16-9-17-34(39)35(33)30-14-8-12-27(6-2)23-30/h8-9,12,14,16-19,23-24,31,40,45H,5-7,10-11,13,15,20-22,25-26H2,1-4H3,(H,41,44)/t31-,38?/m1/s1. The van der Waals surface area contributed by atoms with Crippen molar-refractivity contribution in [1.29, 1.82) is 0 Å². The normalized spacial score (nSPS) is 16.1. The number of halogens is 1. The van der Waals surface area contributed by atoms with Crippen LogP contribution in [0.3, 0.4) is 0 Å². The fourth-order valence-electron chi connectivity index (χ4n) is 6.77. The molecule has 3 N–H and O–H groups in total. The molecule has 1 fully saturated rings. The second-order valence-corrected chi connectivity index (χ2v) is 12.8. The van der Waals surface area contributed by atoms with Crippen LogP contribution >= 0.6 is 11.6 Å². The van der Waals surface area contributed by atoms with Crippen molar-refractivity contribution in [3.63, 3.8) is 0 Å². The number of aryl methyl sites for hydroxylation is 2. The predicted molar refractivity (Wildman–Crippen MR) is 186 cm³/mol. The number of carbonyl (C=O) groups excluding carboxylic acids is 2. The first kappa shape index (κ1) is 35.5. The predicted octanol–water partition coefficient (Wildman–Crippen LogP) is 7.51. The lowest BCUT2D eigenvalue weighted by Crippen LogP contribution is -2.48. The molecule has 1 heterocycles. The maximum Gasteiger partial charge on any atom is 0.406 e. The van der Waals surface area contributed by atoms with E-state index in [0.29, 0.717) is 37.5 Å². The molecule has 0 aliphatic carbocycles. The maximum atomic E-state index is 14.2. The van der Waals surface area contributed by atoms with Gasteiger partial charge in [-0.2, -0.15) is 0 Å². The Balaban J connectivity index is 1.71. The third kappa shape index (κ3) is 8.49. The van der Waals surface area contributed by atoms with Crippen molar-refractivity contribution in [1.82, 2.24) is 15.5 Å². The third-order valence-electron chi connectivity index (χ3n) is 9.26. The Morgan fingerprint density at radius 2 is 1.87 bits per heavy atom. The van der Waals surface area contributed by atoms with Crippen molar-refractivity contribution < 1.29 is 19.4 Å². The number of alkyl carbamates (subject to hydrolysis) is 1. The van der Waals surface area contributed by atoms with Gasteiger partial charge in [0, 0.05) is 48.2 Å². The second-order valence-electron chi connectivity index (χ2n) is 12.4. The van der Waals surface area contributed by atoms with Gasteiger partial charge in [-0.1, -0.05) is 80.4 Å². The van der Waals surface area contributed by atoms with Gasteiger partial charge >= 0.3 is 6.09 Å². The molecule has 2 atom stereocenters. The average molecular weight is 648 g/mol. The number of ether oxygens (including phenoxy) is 1. The molecule has 3 aromatic rings. The lowest BCUT2D eigenvalue weighted by molar-refractivity contribution is -0.0563. The number of aliphatic hydroxyl groups is 1. The van der Waals surface area contributed by atoms with Crippen molar-refractivity contribution in [2.45, 2.75) is 77.4 Å². The molecule has 0 bridgehead atoms. The van der Waals surface area contributed by atoms with Gasteiger partial charge in [-0.25, -0.2) is 4.79 Å². The minimum absolute atomic E-state index is 0.0171. The van der Waals surface area contributed by atoms with Crippen LogP contribution in [-0.4, -0.2) is 55.8 Å². The number of piperidine rings is 1. The van der Waals surface area contributed by atoms with Gasteiger partial charge in [0.2, 0.25) is 0 Å². The topological polar surface area (TPSA) is 90.9 Å². The monoisotopic (exact) mass is 647 g/mol. The molecule has 1 saturated heterocycles. The van der Waals surface area contributed by atoms with Crippen molar-refractivity contribution >= 4 is 23.6 Å². The summed E-state index contributed by atoms with van der Waals surface area (Å²) in [6.45, 7) is 6.45. The summed E-state index contributed by atoms with van der Waals surface area (Å²) >= 11 is 6.93. The summed E-state index contributed by atoms with van der Waals surface area (Å²) < 4.78 is 4.76. The summed E-state index contributed by atoms with van der Waals surface area (Å²) in [4.78, 5) is 27.9. The molecule has 0 radical (unpaired) electrons. The van der Waals surface area contributed by atoms with Crippen molar-refractivity contribution in [2.75, 3.05) is 33.8 Å². The number of benzene rings is 3. The molecule has 3 aromatic carbocycles. The fourth-order valence-corrected chi connectivity index (χ4v) is 7.05. The van der Waals surface area contributed by atoms with Crippen molar-refractivity contribution in [3.8, 4) is 11.1 Å². The lowest BCUT2D eigenvalue weighted by atomic mass is 9.72. The van der Waals surface area contributed by atoms with E-state index in [-0.39, 0.29) is 11.8 Å². The van der Waals surface area contributed by atoms with Crippen LogP contribution < -0.4 is 10.6 Å². The Kier molecular flexibility index (Phi) is 13.1. The lowest BCUT2D eigenvalue weighted by Gasteiger charge is -2.44. The first-order valence-corrected chi connectivity index (χ1v) is 17.1. The number of nitrogens with zero attached hydrogens (tertiary/aromatic N) is 1. The van der Waals surface area contributed by atoms with Crippen molar-refractivity contribution in [3.05, 3.63) is 93.5 Å².